The number of piperidine rings is 1. The zero-order valence-electron chi connectivity index (χ0n) is 18.4. The Balaban J connectivity index is 1.83. The Morgan fingerprint density at radius 2 is 1.45 bits per heavy atom. The first-order chi connectivity index (χ1) is 15.8. The maximum atomic E-state index is 13.0. The molecule has 0 atom stereocenters. The molecule has 0 bridgehead atoms. The van der Waals surface area contributed by atoms with Crippen molar-refractivity contribution in [1.82, 2.24) is 4.31 Å². The minimum absolute atomic E-state index is 0.237. The summed E-state index contributed by atoms with van der Waals surface area (Å²) in [5, 5.41) is 9.13. The summed E-state index contributed by atoms with van der Waals surface area (Å²) in [6.45, 7) is 3.02. The second kappa shape index (κ2) is 9.18. The van der Waals surface area contributed by atoms with E-state index in [2.05, 4.69) is 6.07 Å². The van der Waals surface area contributed by atoms with Gasteiger partial charge in [0.15, 0.2) is 0 Å². The van der Waals surface area contributed by atoms with Crippen LogP contribution in [0.3, 0.4) is 0 Å². The highest BCUT2D eigenvalue weighted by molar-refractivity contribution is 7.89. The number of hydrogen-bond acceptors (Lipinski definition) is 4. The predicted octanol–water partition coefficient (Wildman–Crippen LogP) is 4.47. The zero-order chi connectivity index (χ0) is 23.6. The fourth-order valence-corrected chi connectivity index (χ4v) is 5.86. The van der Waals surface area contributed by atoms with Gasteiger partial charge in [-0.1, -0.05) is 36.8 Å². The molecule has 0 spiro atoms. The molecular weight excluding hydrogens is 434 g/mol. The average molecular weight is 460 g/mol. The van der Waals surface area contributed by atoms with Gasteiger partial charge in [0.05, 0.1) is 16.5 Å². The first-order valence-corrected chi connectivity index (χ1v) is 12.3. The molecular formula is C26H25N3O3S. The third-order valence-electron chi connectivity index (χ3n) is 6.08. The van der Waals surface area contributed by atoms with E-state index in [1.807, 2.05) is 25.1 Å². The zero-order valence-corrected chi connectivity index (χ0v) is 19.2. The van der Waals surface area contributed by atoms with Crippen LogP contribution < -0.4 is 5.73 Å². The van der Waals surface area contributed by atoms with Crippen LogP contribution in [0.15, 0.2) is 65.6 Å². The van der Waals surface area contributed by atoms with Gasteiger partial charge in [-0.05, 0) is 72.4 Å². The molecule has 1 fully saturated rings. The minimum Gasteiger partial charge on any atom is -0.366 e. The molecule has 3 aromatic rings. The second-order valence-corrected chi connectivity index (χ2v) is 10.2. The van der Waals surface area contributed by atoms with Gasteiger partial charge in [-0.3, -0.25) is 4.79 Å². The Kier molecular flexibility index (Phi) is 6.32. The summed E-state index contributed by atoms with van der Waals surface area (Å²) in [5.41, 5.74) is 10.5. The Labute approximate surface area is 194 Å². The van der Waals surface area contributed by atoms with E-state index in [9.17, 15) is 13.2 Å². The molecule has 33 heavy (non-hydrogen) atoms. The summed E-state index contributed by atoms with van der Waals surface area (Å²) in [4.78, 5) is 12.5. The fourth-order valence-electron chi connectivity index (χ4n) is 4.34. The maximum Gasteiger partial charge on any atom is 0.249 e. The number of benzene rings is 3. The Hall–Kier alpha value is -3.47. The van der Waals surface area contributed by atoms with Crippen molar-refractivity contribution >= 4 is 15.9 Å². The van der Waals surface area contributed by atoms with Crippen LogP contribution in [0.1, 0.15) is 40.7 Å². The highest BCUT2D eigenvalue weighted by atomic mass is 32.2. The lowest BCUT2D eigenvalue weighted by atomic mass is 9.87. The molecule has 1 aliphatic heterocycles. The smallest absolute Gasteiger partial charge is 0.249 e. The SMILES string of the molecule is Cc1ccc(C(N)=O)c(-c2ccc(S(=O)(=O)N3CCCCC3)cc2)c1-c1ccc(C#N)cc1. The van der Waals surface area contributed by atoms with Gasteiger partial charge in [0.2, 0.25) is 15.9 Å². The Bertz CT molecular complexity index is 1330. The first kappa shape index (κ1) is 22.7. The van der Waals surface area contributed by atoms with E-state index in [0.29, 0.717) is 35.3 Å². The van der Waals surface area contributed by atoms with Crippen LogP contribution in [0.2, 0.25) is 0 Å². The number of nitrogens with two attached hydrogens (primary N) is 1. The van der Waals surface area contributed by atoms with Crippen LogP contribution >= 0.6 is 0 Å². The summed E-state index contributed by atoms with van der Waals surface area (Å²) >= 11 is 0. The Morgan fingerprint density at radius 3 is 2.03 bits per heavy atom. The van der Waals surface area contributed by atoms with E-state index < -0.39 is 15.9 Å². The molecule has 6 nitrogen and oxygen atoms in total. The van der Waals surface area contributed by atoms with Crippen LogP contribution in [0.4, 0.5) is 0 Å². The van der Waals surface area contributed by atoms with Crippen LogP contribution in [-0.2, 0) is 10.0 Å². The molecule has 0 unspecified atom stereocenters. The number of nitriles is 1. The summed E-state index contributed by atoms with van der Waals surface area (Å²) in [6.07, 6.45) is 2.79. The molecule has 168 valence electrons. The quantitative estimate of drug-likeness (QED) is 0.607. The van der Waals surface area contributed by atoms with Crippen molar-refractivity contribution in [2.75, 3.05) is 13.1 Å². The van der Waals surface area contributed by atoms with Gasteiger partial charge >= 0.3 is 0 Å². The largest absolute Gasteiger partial charge is 0.366 e. The lowest BCUT2D eigenvalue weighted by molar-refractivity contribution is 0.100. The number of hydrogen-bond donors (Lipinski definition) is 1. The van der Waals surface area contributed by atoms with Crippen LogP contribution in [0.5, 0.6) is 0 Å². The third kappa shape index (κ3) is 4.40. The lowest BCUT2D eigenvalue weighted by Gasteiger charge is -2.26. The molecule has 1 amide bonds. The number of aryl methyl sites for hydroxylation is 1. The third-order valence-corrected chi connectivity index (χ3v) is 7.99. The van der Waals surface area contributed by atoms with E-state index in [1.54, 1.807) is 42.5 Å². The van der Waals surface area contributed by atoms with Crippen LogP contribution in [0.25, 0.3) is 22.3 Å². The highest BCUT2D eigenvalue weighted by Gasteiger charge is 2.26. The van der Waals surface area contributed by atoms with Crippen molar-refractivity contribution in [2.24, 2.45) is 5.73 Å². The van der Waals surface area contributed by atoms with E-state index in [1.165, 1.54) is 4.31 Å². The molecule has 0 saturated carbocycles. The summed E-state index contributed by atoms with van der Waals surface area (Å²) in [5.74, 6) is -0.565. The van der Waals surface area contributed by atoms with Crippen molar-refractivity contribution < 1.29 is 13.2 Å². The van der Waals surface area contributed by atoms with Gasteiger partial charge < -0.3 is 5.73 Å². The normalized spacial score (nSPS) is 14.5. The molecule has 3 aromatic carbocycles. The van der Waals surface area contributed by atoms with Crippen molar-refractivity contribution in [3.63, 3.8) is 0 Å². The van der Waals surface area contributed by atoms with Crippen LogP contribution in [0, 0.1) is 18.3 Å². The van der Waals surface area contributed by atoms with Gasteiger partial charge in [0.1, 0.15) is 0 Å². The number of carbonyl (C=O) groups is 1. The van der Waals surface area contributed by atoms with Crippen molar-refractivity contribution in [3.8, 4) is 28.3 Å². The number of primary amides is 1. The number of carbonyl (C=O) groups excluding carboxylic acids is 1. The van der Waals surface area contributed by atoms with E-state index >= 15 is 0 Å². The molecule has 1 saturated heterocycles. The summed E-state index contributed by atoms with van der Waals surface area (Å²) < 4.78 is 27.6. The van der Waals surface area contributed by atoms with Gasteiger partial charge in [-0.25, -0.2) is 8.42 Å². The van der Waals surface area contributed by atoms with Crippen molar-refractivity contribution in [1.29, 1.82) is 5.26 Å². The van der Waals surface area contributed by atoms with E-state index in [0.717, 1.165) is 36.0 Å². The molecule has 0 aromatic heterocycles. The lowest BCUT2D eigenvalue weighted by Crippen LogP contribution is -2.35. The highest BCUT2D eigenvalue weighted by Crippen LogP contribution is 2.38. The molecule has 0 radical (unpaired) electrons. The number of amides is 1. The van der Waals surface area contributed by atoms with E-state index in [4.69, 9.17) is 11.0 Å². The predicted molar refractivity (Wildman–Crippen MR) is 128 cm³/mol. The van der Waals surface area contributed by atoms with Gasteiger partial charge in [0, 0.05) is 24.2 Å². The minimum atomic E-state index is -3.55. The summed E-state index contributed by atoms with van der Waals surface area (Å²) in [7, 11) is -3.55. The maximum absolute atomic E-state index is 13.0. The number of nitrogens with zero attached hydrogens (tertiary/aromatic N) is 2. The van der Waals surface area contributed by atoms with Gasteiger partial charge in [-0.15, -0.1) is 0 Å². The van der Waals surface area contributed by atoms with Crippen LogP contribution in [-0.4, -0.2) is 31.7 Å². The molecule has 4 rings (SSSR count). The van der Waals surface area contributed by atoms with Gasteiger partial charge in [0.25, 0.3) is 0 Å². The topological polar surface area (TPSA) is 104 Å². The number of rotatable bonds is 5. The Morgan fingerprint density at radius 1 is 0.879 bits per heavy atom. The van der Waals surface area contributed by atoms with E-state index in [-0.39, 0.29) is 4.90 Å². The molecule has 7 heteroatoms. The molecule has 2 N–H and O–H groups in total. The van der Waals surface area contributed by atoms with Gasteiger partial charge in [-0.2, -0.15) is 9.57 Å². The second-order valence-electron chi connectivity index (χ2n) is 8.22. The fraction of sp³-hybridized carbons (Fsp3) is 0.231. The average Bonchev–Trinajstić information content (AvgIpc) is 2.84. The summed E-state index contributed by atoms with van der Waals surface area (Å²) in [6, 6.07) is 19.4. The molecule has 1 heterocycles. The molecule has 0 aliphatic carbocycles. The standard InChI is InChI=1S/C26H25N3O3S/c1-18-5-14-23(26(28)30)25(24(18)20-8-6-19(17-27)7-9-20)21-10-12-22(13-11-21)33(31,32)29-15-3-2-4-16-29/h5-14H,2-4,15-16H2,1H3,(H2,28,30). The van der Waals surface area contributed by atoms with Crippen molar-refractivity contribution in [2.45, 2.75) is 31.1 Å². The first-order valence-electron chi connectivity index (χ1n) is 10.9. The monoisotopic (exact) mass is 459 g/mol. The van der Waals surface area contributed by atoms with Crippen molar-refractivity contribution in [3.05, 3.63) is 77.4 Å². The number of sulfonamides is 1. The molecule has 1 aliphatic rings.